The second-order valence-electron chi connectivity index (χ2n) is 5.26. The van der Waals surface area contributed by atoms with Crippen LogP contribution < -0.4 is 14.8 Å². The summed E-state index contributed by atoms with van der Waals surface area (Å²) in [7, 11) is 0. The van der Waals surface area contributed by atoms with Gasteiger partial charge in [0.25, 0.3) is 0 Å². The summed E-state index contributed by atoms with van der Waals surface area (Å²) in [6.45, 7) is 0.102. The van der Waals surface area contributed by atoms with Crippen LogP contribution in [0.15, 0.2) is 30.3 Å². The summed E-state index contributed by atoms with van der Waals surface area (Å²) in [6, 6.07) is 6.63. The number of benzene rings is 2. The summed E-state index contributed by atoms with van der Waals surface area (Å²) < 4.78 is 38.2. The van der Waals surface area contributed by atoms with E-state index in [1.54, 1.807) is 12.1 Å². The molecule has 6 heteroatoms. The topological polar surface area (TPSA) is 47.6 Å². The monoisotopic (exact) mass is 303 g/mol. The van der Waals surface area contributed by atoms with Gasteiger partial charge in [0.15, 0.2) is 11.5 Å². The molecule has 0 saturated carbocycles. The summed E-state index contributed by atoms with van der Waals surface area (Å²) in [4.78, 5) is 11.9. The number of anilines is 1. The third-order valence-corrected chi connectivity index (χ3v) is 3.92. The third kappa shape index (κ3) is 1.99. The van der Waals surface area contributed by atoms with Crippen LogP contribution >= 0.6 is 0 Å². The number of hydrogen-bond donors (Lipinski definition) is 1. The first-order valence-electron chi connectivity index (χ1n) is 6.80. The second-order valence-corrected chi connectivity index (χ2v) is 5.26. The predicted molar refractivity (Wildman–Crippen MR) is 74.0 cm³/mol. The van der Waals surface area contributed by atoms with Crippen molar-refractivity contribution in [3.8, 4) is 11.5 Å². The summed E-state index contributed by atoms with van der Waals surface area (Å²) in [6.07, 6.45) is 0.0486. The standard InChI is InChI=1S/C16H11F2NO3/c17-8-1-2-12(18)10(3-8)9-5-16(20)19-13-6-15-14(4-11(9)13)21-7-22-15/h1-4,6,9H,5,7H2,(H,19,20)/t9-/m0/s1. The molecule has 0 radical (unpaired) electrons. The molecule has 4 nitrogen and oxygen atoms in total. The molecule has 0 fully saturated rings. The molecule has 0 aliphatic carbocycles. The number of carbonyl (C=O) groups is 1. The number of rotatable bonds is 1. The Balaban J connectivity index is 1.88. The van der Waals surface area contributed by atoms with Crippen molar-refractivity contribution < 1.29 is 23.0 Å². The van der Waals surface area contributed by atoms with Crippen LogP contribution in [0.3, 0.4) is 0 Å². The highest BCUT2D eigenvalue weighted by atomic mass is 19.1. The SMILES string of the molecule is O=C1C[C@@H](c2cc(F)ccc2F)c2cc3c(cc2N1)OCO3. The van der Waals surface area contributed by atoms with Crippen molar-refractivity contribution in [1.29, 1.82) is 0 Å². The van der Waals surface area contributed by atoms with Crippen LogP contribution in [0.1, 0.15) is 23.5 Å². The van der Waals surface area contributed by atoms with E-state index in [2.05, 4.69) is 5.32 Å². The van der Waals surface area contributed by atoms with Gasteiger partial charge in [-0.15, -0.1) is 0 Å². The van der Waals surface area contributed by atoms with Crippen molar-refractivity contribution in [3.63, 3.8) is 0 Å². The molecule has 1 N–H and O–H groups in total. The lowest BCUT2D eigenvalue weighted by Gasteiger charge is -2.26. The molecular weight excluding hydrogens is 292 g/mol. The first kappa shape index (κ1) is 13.1. The number of carbonyl (C=O) groups excluding carboxylic acids is 1. The molecule has 0 bridgehead atoms. The van der Waals surface area contributed by atoms with Crippen LogP contribution in [0.5, 0.6) is 11.5 Å². The van der Waals surface area contributed by atoms with Crippen molar-refractivity contribution >= 4 is 11.6 Å². The van der Waals surface area contributed by atoms with Gasteiger partial charge in [0, 0.05) is 24.1 Å². The van der Waals surface area contributed by atoms with Crippen molar-refractivity contribution in [2.75, 3.05) is 12.1 Å². The molecular formula is C16H11F2NO3. The molecule has 2 aliphatic heterocycles. The van der Waals surface area contributed by atoms with Crippen molar-refractivity contribution in [1.82, 2.24) is 0 Å². The van der Waals surface area contributed by atoms with Gasteiger partial charge in [0.05, 0.1) is 0 Å². The quantitative estimate of drug-likeness (QED) is 0.880. The largest absolute Gasteiger partial charge is 0.454 e. The van der Waals surface area contributed by atoms with Crippen LogP contribution in [-0.2, 0) is 4.79 Å². The molecule has 0 spiro atoms. The van der Waals surface area contributed by atoms with Crippen LogP contribution in [-0.4, -0.2) is 12.7 Å². The molecule has 112 valence electrons. The zero-order chi connectivity index (χ0) is 15.3. The summed E-state index contributed by atoms with van der Waals surface area (Å²) >= 11 is 0. The maximum atomic E-state index is 14.1. The molecule has 1 atom stereocenters. The molecule has 2 aromatic rings. The number of fused-ring (bicyclic) bond motifs is 2. The zero-order valence-corrected chi connectivity index (χ0v) is 11.4. The van der Waals surface area contributed by atoms with E-state index in [0.29, 0.717) is 22.7 Å². The fourth-order valence-electron chi connectivity index (χ4n) is 2.91. The predicted octanol–water partition coefficient (Wildman–Crippen LogP) is 3.17. The average Bonchev–Trinajstić information content (AvgIpc) is 2.94. The van der Waals surface area contributed by atoms with Crippen LogP contribution in [0.4, 0.5) is 14.5 Å². The molecule has 22 heavy (non-hydrogen) atoms. The molecule has 4 rings (SSSR count). The van der Waals surface area contributed by atoms with Crippen LogP contribution in [0.2, 0.25) is 0 Å². The fraction of sp³-hybridized carbons (Fsp3) is 0.188. The van der Waals surface area contributed by atoms with Gasteiger partial charge in [-0.2, -0.15) is 0 Å². The van der Waals surface area contributed by atoms with Gasteiger partial charge >= 0.3 is 0 Å². The van der Waals surface area contributed by atoms with Gasteiger partial charge in [-0.25, -0.2) is 8.78 Å². The maximum Gasteiger partial charge on any atom is 0.231 e. The molecule has 1 amide bonds. The Bertz CT molecular complexity index is 791. The van der Waals surface area contributed by atoms with E-state index in [9.17, 15) is 13.6 Å². The third-order valence-electron chi connectivity index (χ3n) is 3.92. The highest BCUT2D eigenvalue weighted by Gasteiger charge is 2.31. The molecule has 2 aromatic carbocycles. The molecule has 2 heterocycles. The summed E-state index contributed by atoms with van der Waals surface area (Å²) in [5.74, 6) is -0.820. The smallest absolute Gasteiger partial charge is 0.231 e. The van der Waals surface area contributed by atoms with E-state index in [1.807, 2.05) is 0 Å². The minimum atomic E-state index is -0.561. The van der Waals surface area contributed by atoms with Gasteiger partial charge in [0.2, 0.25) is 12.7 Å². The highest BCUT2D eigenvalue weighted by Crippen LogP contribution is 2.45. The van der Waals surface area contributed by atoms with Crippen molar-refractivity contribution in [2.24, 2.45) is 0 Å². The van der Waals surface area contributed by atoms with Gasteiger partial charge in [-0.05, 0) is 35.4 Å². The molecule has 2 aliphatic rings. The average molecular weight is 303 g/mol. The Morgan fingerprint density at radius 3 is 2.64 bits per heavy atom. The fourth-order valence-corrected chi connectivity index (χ4v) is 2.91. The normalized spacial score (nSPS) is 18.8. The molecule has 0 unspecified atom stereocenters. The van der Waals surface area contributed by atoms with E-state index in [4.69, 9.17) is 9.47 Å². The Morgan fingerprint density at radius 2 is 1.82 bits per heavy atom. The van der Waals surface area contributed by atoms with Gasteiger partial charge in [-0.3, -0.25) is 4.79 Å². The number of nitrogens with one attached hydrogen (secondary N) is 1. The lowest BCUT2D eigenvalue weighted by molar-refractivity contribution is -0.116. The van der Waals surface area contributed by atoms with E-state index in [0.717, 1.165) is 18.2 Å². The first-order valence-corrected chi connectivity index (χ1v) is 6.80. The molecule has 0 aromatic heterocycles. The van der Waals surface area contributed by atoms with Crippen molar-refractivity contribution in [3.05, 3.63) is 53.1 Å². The zero-order valence-electron chi connectivity index (χ0n) is 11.4. The van der Waals surface area contributed by atoms with Crippen LogP contribution in [0, 0.1) is 11.6 Å². The number of amides is 1. The summed E-state index contributed by atoms with van der Waals surface area (Å²) in [5, 5.41) is 2.73. The maximum absolute atomic E-state index is 14.1. The minimum absolute atomic E-state index is 0.0486. The summed E-state index contributed by atoms with van der Waals surface area (Å²) in [5.41, 5.74) is 1.39. The molecule has 0 saturated heterocycles. The first-order chi connectivity index (χ1) is 10.6. The van der Waals surface area contributed by atoms with E-state index in [-0.39, 0.29) is 24.7 Å². The van der Waals surface area contributed by atoms with Gasteiger partial charge in [-0.1, -0.05) is 0 Å². The highest BCUT2D eigenvalue weighted by molar-refractivity contribution is 5.96. The number of halogens is 2. The number of ether oxygens (including phenoxy) is 2. The van der Waals surface area contributed by atoms with Crippen molar-refractivity contribution in [2.45, 2.75) is 12.3 Å². The van der Waals surface area contributed by atoms with E-state index in [1.165, 1.54) is 0 Å². The lowest BCUT2D eigenvalue weighted by Crippen LogP contribution is -2.24. The second kappa shape index (κ2) is 4.69. The van der Waals surface area contributed by atoms with Gasteiger partial charge in [0.1, 0.15) is 11.6 Å². The Labute approximate surface area is 124 Å². The van der Waals surface area contributed by atoms with E-state index >= 15 is 0 Å². The Hall–Kier alpha value is -2.63. The number of hydrogen-bond acceptors (Lipinski definition) is 3. The van der Waals surface area contributed by atoms with Gasteiger partial charge < -0.3 is 14.8 Å². The minimum Gasteiger partial charge on any atom is -0.454 e. The Kier molecular flexibility index (Phi) is 2.79. The lowest BCUT2D eigenvalue weighted by atomic mass is 9.84. The Morgan fingerprint density at radius 1 is 1.05 bits per heavy atom. The van der Waals surface area contributed by atoms with Crippen LogP contribution in [0.25, 0.3) is 0 Å². The van der Waals surface area contributed by atoms with E-state index < -0.39 is 17.6 Å².